The zero-order valence-electron chi connectivity index (χ0n) is 10.8. The van der Waals surface area contributed by atoms with E-state index in [1.165, 1.54) is 44.4 Å². The number of likely N-dealkylation sites (N-methyl/N-ethyl adjacent to an activating group) is 1. The summed E-state index contributed by atoms with van der Waals surface area (Å²) >= 11 is 0. The van der Waals surface area contributed by atoms with Crippen molar-refractivity contribution in [2.24, 2.45) is 0 Å². The topological polar surface area (TPSA) is 62.4 Å². The molecule has 0 radical (unpaired) electrons. The van der Waals surface area contributed by atoms with Crippen LogP contribution in [0.15, 0.2) is 18.3 Å². The van der Waals surface area contributed by atoms with Gasteiger partial charge in [0.2, 0.25) is 0 Å². The summed E-state index contributed by atoms with van der Waals surface area (Å²) in [7, 11) is 4.38. The zero-order chi connectivity index (χ0) is 14.2. The Kier molecular flexibility index (Phi) is 3.25. The van der Waals surface area contributed by atoms with E-state index in [-0.39, 0.29) is 16.5 Å². The molecule has 100 valence electrons. The molecule has 0 spiro atoms. The maximum Gasteiger partial charge on any atom is 0.294 e. The number of rotatable bonds is 3. The van der Waals surface area contributed by atoms with Crippen LogP contribution in [0.3, 0.4) is 0 Å². The van der Waals surface area contributed by atoms with Crippen molar-refractivity contribution in [3.05, 3.63) is 29.7 Å². The lowest BCUT2D eigenvalue weighted by molar-refractivity contribution is -0.124. The molecule has 19 heavy (non-hydrogen) atoms. The third kappa shape index (κ3) is 2.05. The summed E-state index contributed by atoms with van der Waals surface area (Å²) in [5.41, 5.74) is 0.249. The molecule has 1 heterocycles. The fourth-order valence-corrected chi connectivity index (χ4v) is 1.85. The SMILES string of the molecule is COc1ccc(F)c2[nH]cc(C(=O)C(=O)N(C)C)c12. The second-order valence-electron chi connectivity index (χ2n) is 4.23. The number of Topliss-reactive ketones (excluding diaryl/α,β-unsaturated/α-hetero) is 1. The quantitative estimate of drug-likeness (QED) is 0.676. The molecule has 0 atom stereocenters. The minimum atomic E-state index is -0.708. The normalized spacial score (nSPS) is 10.5. The number of aromatic nitrogens is 1. The van der Waals surface area contributed by atoms with E-state index < -0.39 is 17.5 Å². The summed E-state index contributed by atoms with van der Waals surface area (Å²) in [6, 6.07) is 2.65. The molecular formula is C13H13FN2O3. The molecule has 0 saturated carbocycles. The molecule has 6 heteroatoms. The summed E-state index contributed by atoms with van der Waals surface area (Å²) < 4.78 is 18.8. The molecule has 0 bridgehead atoms. The first-order valence-electron chi connectivity index (χ1n) is 5.57. The highest BCUT2D eigenvalue weighted by molar-refractivity contribution is 6.45. The number of carbonyl (C=O) groups excluding carboxylic acids is 2. The average molecular weight is 264 g/mol. The number of ketones is 1. The molecule has 0 unspecified atom stereocenters. The summed E-state index contributed by atoms with van der Waals surface area (Å²) in [6.45, 7) is 0. The Morgan fingerprint density at radius 1 is 1.32 bits per heavy atom. The number of fused-ring (bicyclic) bond motifs is 1. The van der Waals surface area contributed by atoms with Crippen LogP contribution >= 0.6 is 0 Å². The highest BCUT2D eigenvalue weighted by Gasteiger charge is 2.24. The Balaban J connectivity index is 2.65. The van der Waals surface area contributed by atoms with E-state index in [1.54, 1.807) is 0 Å². The van der Waals surface area contributed by atoms with E-state index >= 15 is 0 Å². The first-order valence-corrected chi connectivity index (χ1v) is 5.57. The number of amides is 1. The van der Waals surface area contributed by atoms with Crippen LogP contribution in [0.5, 0.6) is 5.75 Å². The van der Waals surface area contributed by atoms with Crippen LogP contribution in [0.1, 0.15) is 10.4 Å². The zero-order valence-corrected chi connectivity index (χ0v) is 10.8. The Hall–Kier alpha value is -2.37. The lowest BCUT2D eigenvalue weighted by Crippen LogP contribution is -2.29. The monoisotopic (exact) mass is 264 g/mol. The molecule has 2 rings (SSSR count). The Morgan fingerprint density at radius 3 is 2.58 bits per heavy atom. The number of hydrogen-bond donors (Lipinski definition) is 1. The van der Waals surface area contributed by atoms with Gasteiger partial charge >= 0.3 is 0 Å². The molecule has 0 aliphatic rings. The van der Waals surface area contributed by atoms with Crippen molar-refractivity contribution < 1.29 is 18.7 Å². The van der Waals surface area contributed by atoms with E-state index in [4.69, 9.17) is 4.74 Å². The van der Waals surface area contributed by atoms with Gasteiger partial charge in [-0.05, 0) is 12.1 Å². The van der Waals surface area contributed by atoms with Crippen molar-refractivity contribution in [2.75, 3.05) is 21.2 Å². The van der Waals surface area contributed by atoms with E-state index in [0.717, 1.165) is 0 Å². The van der Waals surface area contributed by atoms with Crippen molar-refractivity contribution in [3.8, 4) is 5.75 Å². The number of hydrogen-bond acceptors (Lipinski definition) is 3. The molecule has 1 aromatic heterocycles. The van der Waals surface area contributed by atoms with Crippen molar-refractivity contribution in [2.45, 2.75) is 0 Å². The summed E-state index contributed by atoms with van der Waals surface area (Å²) in [6.07, 6.45) is 1.32. The van der Waals surface area contributed by atoms with Gasteiger partial charge in [-0.1, -0.05) is 0 Å². The largest absolute Gasteiger partial charge is 0.496 e. The third-order valence-electron chi connectivity index (χ3n) is 2.81. The van der Waals surface area contributed by atoms with Crippen molar-refractivity contribution in [3.63, 3.8) is 0 Å². The number of H-pyrrole nitrogens is 1. The van der Waals surface area contributed by atoms with Gasteiger partial charge in [-0.25, -0.2) is 4.39 Å². The van der Waals surface area contributed by atoms with E-state index in [0.29, 0.717) is 5.75 Å². The Bertz CT molecular complexity index is 661. The van der Waals surface area contributed by atoms with Crippen LogP contribution in [0, 0.1) is 5.82 Å². The van der Waals surface area contributed by atoms with Crippen LogP contribution in [0.25, 0.3) is 10.9 Å². The van der Waals surface area contributed by atoms with Crippen LogP contribution in [0.2, 0.25) is 0 Å². The van der Waals surface area contributed by atoms with Crippen LogP contribution in [-0.2, 0) is 4.79 Å². The minimum Gasteiger partial charge on any atom is -0.496 e. The maximum absolute atomic E-state index is 13.6. The van der Waals surface area contributed by atoms with Crippen LogP contribution in [0.4, 0.5) is 4.39 Å². The Morgan fingerprint density at radius 2 is 2.00 bits per heavy atom. The fraction of sp³-hybridized carbons (Fsp3) is 0.231. The van der Waals surface area contributed by atoms with Gasteiger partial charge in [0.1, 0.15) is 11.6 Å². The van der Waals surface area contributed by atoms with Gasteiger partial charge in [0.05, 0.1) is 23.6 Å². The van der Waals surface area contributed by atoms with Gasteiger partial charge in [-0.3, -0.25) is 9.59 Å². The standard InChI is InChI=1S/C13H13FN2O3/c1-16(2)13(18)12(17)7-6-15-11-8(14)4-5-9(19-3)10(7)11/h4-6,15H,1-3H3. The van der Waals surface area contributed by atoms with E-state index in [1.807, 2.05) is 0 Å². The number of nitrogens with one attached hydrogen (secondary N) is 1. The molecule has 2 aromatic rings. The van der Waals surface area contributed by atoms with Crippen molar-refractivity contribution in [1.82, 2.24) is 9.88 Å². The molecule has 1 N–H and O–H groups in total. The molecule has 0 aliphatic carbocycles. The predicted molar refractivity (Wildman–Crippen MR) is 67.8 cm³/mol. The number of benzene rings is 1. The molecule has 0 aliphatic heterocycles. The molecule has 1 amide bonds. The number of aromatic amines is 1. The van der Waals surface area contributed by atoms with Gasteiger partial charge in [-0.15, -0.1) is 0 Å². The predicted octanol–water partition coefficient (Wildman–Crippen LogP) is 1.59. The fourth-order valence-electron chi connectivity index (χ4n) is 1.85. The van der Waals surface area contributed by atoms with Crippen molar-refractivity contribution in [1.29, 1.82) is 0 Å². The smallest absolute Gasteiger partial charge is 0.294 e. The van der Waals surface area contributed by atoms with Gasteiger partial charge < -0.3 is 14.6 Å². The molecule has 0 saturated heterocycles. The maximum atomic E-state index is 13.6. The van der Waals surface area contributed by atoms with E-state index in [9.17, 15) is 14.0 Å². The van der Waals surface area contributed by atoms with Gasteiger partial charge in [0.15, 0.2) is 0 Å². The molecule has 0 fully saturated rings. The summed E-state index contributed by atoms with van der Waals surface area (Å²) in [5, 5.41) is 0.280. The van der Waals surface area contributed by atoms with Crippen LogP contribution < -0.4 is 4.74 Å². The van der Waals surface area contributed by atoms with Gasteiger partial charge in [-0.2, -0.15) is 0 Å². The number of methoxy groups -OCH3 is 1. The molecule has 5 nitrogen and oxygen atoms in total. The first kappa shape index (κ1) is 13.1. The first-order chi connectivity index (χ1) is 8.97. The number of carbonyl (C=O) groups is 2. The second kappa shape index (κ2) is 4.72. The summed E-state index contributed by atoms with van der Waals surface area (Å²) in [4.78, 5) is 27.6. The lowest BCUT2D eigenvalue weighted by atomic mass is 10.1. The average Bonchev–Trinajstić information content (AvgIpc) is 2.83. The number of nitrogens with zero attached hydrogens (tertiary/aromatic N) is 1. The highest BCUT2D eigenvalue weighted by atomic mass is 19.1. The van der Waals surface area contributed by atoms with Gasteiger partial charge in [0, 0.05) is 20.3 Å². The lowest BCUT2D eigenvalue weighted by Gasteiger charge is -2.09. The highest BCUT2D eigenvalue weighted by Crippen LogP contribution is 2.30. The molecule has 1 aromatic carbocycles. The molecular weight excluding hydrogens is 251 g/mol. The van der Waals surface area contributed by atoms with E-state index in [2.05, 4.69) is 4.98 Å². The Labute approximate surface area is 109 Å². The van der Waals surface area contributed by atoms with Crippen molar-refractivity contribution >= 4 is 22.6 Å². The number of halogens is 1. The number of ether oxygens (including phenoxy) is 1. The summed E-state index contributed by atoms with van der Waals surface area (Å²) in [5.74, 6) is -1.55. The minimum absolute atomic E-state index is 0.102. The second-order valence-corrected chi connectivity index (χ2v) is 4.23. The third-order valence-corrected chi connectivity index (χ3v) is 2.81. The van der Waals surface area contributed by atoms with Gasteiger partial charge in [0.25, 0.3) is 11.7 Å². The van der Waals surface area contributed by atoms with Crippen LogP contribution in [-0.4, -0.2) is 42.8 Å².